The Morgan fingerprint density at radius 1 is 0.353 bits per heavy atom. The second-order valence-electron chi connectivity index (χ2n) is 37.3. The molecule has 0 aliphatic carbocycles. The van der Waals surface area contributed by atoms with Gasteiger partial charge in [-0.3, -0.25) is 62.3 Å². The minimum Gasteiger partial charge on any atom is -0.490 e. The first kappa shape index (κ1) is 135. The minimum absolute atomic E-state index is 0.00227. The summed E-state index contributed by atoms with van der Waals surface area (Å²) < 4.78 is 78.7. The van der Waals surface area contributed by atoms with Gasteiger partial charge in [0.1, 0.15) is 78.2 Å². The first-order valence-electron chi connectivity index (χ1n) is 50.0. The third-order valence-electron chi connectivity index (χ3n) is 21.3. The van der Waals surface area contributed by atoms with Gasteiger partial charge in [0.05, 0.1) is 106 Å². The molecule has 3 rings (SSSR count). The van der Waals surface area contributed by atoms with Crippen molar-refractivity contribution >= 4 is 129 Å². The SMILES string of the molecule is COC(=O)c1ccc(NC(=O)[C@H](CCCCNC(C)=O)CC(=O)[C@H](C)NC(C)=O)cc1OCCOCCNC(=O)OC(C)(C)C.COCCOCCOCC(=O)N[C@H](C(=O)C[C@@H](CCCNC(N)=O)C(=O)Nc1ccc(C(=O)OC)c(OCC(=O)CCCCCC(=O)OC(C)(C)C)c1)C(C)C.COCCOCCOCC(=O)N[C@H](C(=O)C[C@@H](CCCNC(N)=O)C(=O)Nc1ccc(C(=O)OC)c(OCC(=O)CCCCN)c1)C(C)C. The molecule has 0 fully saturated rings. The molecule has 0 aromatic heterocycles. The molecule has 0 radical (unpaired) electrons. The van der Waals surface area contributed by atoms with Crippen molar-refractivity contribution in [3.8, 4) is 17.2 Å². The zero-order valence-corrected chi connectivity index (χ0v) is 90.3. The lowest BCUT2D eigenvalue weighted by Gasteiger charge is -2.24. The van der Waals surface area contributed by atoms with Gasteiger partial charge >= 0.3 is 42.0 Å². The second kappa shape index (κ2) is 77.4. The summed E-state index contributed by atoms with van der Waals surface area (Å²) in [5.74, 6) is -9.70. The highest BCUT2D eigenvalue weighted by Gasteiger charge is 2.34. The highest BCUT2D eigenvalue weighted by atomic mass is 16.6. The summed E-state index contributed by atoms with van der Waals surface area (Å²) in [6.07, 6.45) is 5.18. The number of carbonyl (C=O) groups excluding carboxylic acids is 19. The average molecular weight is 2130 g/mol. The molecule has 12 amide bonds. The molecule has 0 saturated heterocycles. The summed E-state index contributed by atoms with van der Waals surface area (Å²) in [4.78, 5) is 236. The summed E-state index contributed by atoms with van der Waals surface area (Å²) in [5.41, 5.74) is 15.7. The van der Waals surface area contributed by atoms with Crippen molar-refractivity contribution in [2.75, 3.05) is 183 Å². The molecule has 3 aromatic rings. The van der Waals surface area contributed by atoms with Crippen LogP contribution in [0.1, 0.15) is 237 Å². The summed E-state index contributed by atoms with van der Waals surface area (Å²) in [6, 6.07) is 8.90. The minimum atomic E-state index is -0.912. The van der Waals surface area contributed by atoms with Crippen LogP contribution in [0.3, 0.4) is 0 Å². The van der Waals surface area contributed by atoms with Crippen LogP contribution in [-0.2, 0) is 119 Å². The number of hydrogen-bond acceptors (Lipinski definition) is 35. The van der Waals surface area contributed by atoms with Gasteiger partial charge in [0.25, 0.3) is 0 Å². The lowest BCUT2D eigenvalue weighted by molar-refractivity contribution is -0.155. The number of anilines is 3. The van der Waals surface area contributed by atoms with Crippen molar-refractivity contribution in [1.82, 2.24) is 37.2 Å². The number of alkyl carbamates (subject to hydrolysis) is 1. The van der Waals surface area contributed by atoms with Crippen LogP contribution >= 0.6 is 0 Å². The van der Waals surface area contributed by atoms with Crippen molar-refractivity contribution in [2.24, 2.45) is 46.8 Å². The van der Waals surface area contributed by atoms with Crippen molar-refractivity contribution in [3.63, 3.8) is 0 Å². The number of methoxy groups -OCH3 is 5. The van der Waals surface area contributed by atoms with E-state index in [1.807, 2.05) is 0 Å². The van der Waals surface area contributed by atoms with Crippen molar-refractivity contribution in [1.29, 1.82) is 0 Å². The summed E-state index contributed by atoms with van der Waals surface area (Å²) in [7, 11) is 6.75. The van der Waals surface area contributed by atoms with Crippen molar-refractivity contribution in [3.05, 3.63) is 71.3 Å². The number of primary amides is 2. The molecular weight excluding hydrogens is 1960 g/mol. The zero-order valence-electron chi connectivity index (χ0n) is 90.3. The van der Waals surface area contributed by atoms with Gasteiger partial charge in [-0.15, -0.1) is 0 Å². The number of unbranched alkanes of at least 4 members (excludes halogenated alkanes) is 4. The van der Waals surface area contributed by atoms with Crippen LogP contribution in [-0.4, -0.2) is 309 Å². The smallest absolute Gasteiger partial charge is 0.407 e. The highest BCUT2D eigenvalue weighted by Crippen LogP contribution is 2.31. The van der Waals surface area contributed by atoms with Gasteiger partial charge < -0.3 is 141 Å². The number of nitrogens with two attached hydrogens (primary N) is 3. The van der Waals surface area contributed by atoms with Crippen molar-refractivity contribution < 1.29 is 162 Å². The van der Waals surface area contributed by atoms with E-state index in [0.29, 0.717) is 109 Å². The molecule has 0 heterocycles. The molecule has 0 spiro atoms. The van der Waals surface area contributed by atoms with E-state index in [0.717, 1.165) is 0 Å². The number of carbonyl (C=O) groups is 19. The molecule has 16 N–H and O–H groups in total. The quantitative estimate of drug-likeness (QED) is 0.0147. The van der Waals surface area contributed by atoms with Crippen LogP contribution < -0.4 is 84.6 Å². The van der Waals surface area contributed by atoms with E-state index in [2.05, 4.69) is 53.2 Å². The maximum atomic E-state index is 13.7. The number of nitrogens with one attached hydrogen (secondary N) is 10. The molecule has 6 atom stereocenters. The van der Waals surface area contributed by atoms with E-state index >= 15 is 0 Å². The van der Waals surface area contributed by atoms with Gasteiger partial charge in [0.15, 0.2) is 28.9 Å². The van der Waals surface area contributed by atoms with Gasteiger partial charge in [0, 0.05) is 146 Å². The number of Topliss-reactive ketones (excluding diaryl/α,β-unsaturated/α-hetero) is 5. The van der Waals surface area contributed by atoms with Crippen LogP contribution in [0, 0.1) is 29.6 Å². The molecule has 3 aromatic carbocycles. The molecule has 0 aliphatic rings. The fourth-order valence-corrected chi connectivity index (χ4v) is 13.8. The van der Waals surface area contributed by atoms with E-state index in [4.69, 9.17) is 88.3 Å². The maximum Gasteiger partial charge on any atom is 0.407 e. The number of esters is 4. The molecule has 0 aliphatic heterocycles. The van der Waals surface area contributed by atoms with Crippen LogP contribution in [0.5, 0.6) is 17.2 Å². The lowest BCUT2D eigenvalue weighted by Crippen LogP contribution is -2.47. The number of amides is 12. The third-order valence-corrected chi connectivity index (χ3v) is 21.3. The topological polar surface area (TPSA) is 661 Å². The molecule has 150 heavy (non-hydrogen) atoms. The molecule has 47 heteroatoms. The molecule has 0 unspecified atom stereocenters. The molecular formula is C103H163N13O34. The van der Waals surface area contributed by atoms with E-state index in [1.54, 1.807) is 90.4 Å². The molecule has 844 valence electrons. The zero-order chi connectivity index (χ0) is 113. The van der Waals surface area contributed by atoms with Crippen molar-refractivity contribution in [2.45, 2.75) is 235 Å². The predicted molar refractivity (Wildman–Crippen MR) is 552 cm³/mol. The van der Waals surface area contributed by atoms with Gasteiger partial charge in [0.2, 0.25) is 41.4 Å². The number of ether oxygens (including phenoxy) is 15. The van der Waals surface area contributed by atoms with Crippen LogP contribution in [0.25, 0.3) is 0 Å². The number of rotatable bonds is 75. The predicted octanol–water partition coefficient (Wildman–Crippen LogP) is 7.57. The third kappa shape index (κ3) is 63.8. The number of ketones is 5. The Morgan fingerprint density at radius 2 is 0.720 bits per heavy atom. The van der Waals surface area contributed by atoms with Crippen LogP contribution in [0.4, 0.5) is 31.4 Å². The summed E-state index contributed by atoms with van der Waals surface area (Å²) in [5, 5.41) is 26.4. The number of hydrogen-bond donors (Lipinski definition) is 13. The first-order chi connectivity index (χ1) is 71.0. The van der Waals surface area contributed by atoms with Gasteiger partial charge in [-0.1, -0.05) is 40.5 Å². The summed E-state index contributed by atoms with van der Waals surface area (Å²) >= 11 is 0. The fraction of sp³-hybridized carbons (Fsp3) is 0.641. The monoisotopic (exact) mass is 2130 g/mol. The second-order valence-corrected chi connectivity index (χ2v) is 37.3. The average Bonchev–Trinajstić information content (AvgIpc) is 0.838. The van der Waals surface area contributed by atoms with Gasteiger partial charge in [-0.05, 0) is 167 Å². The molecule has 47 nitrogen and oxygen atoms in total. The number of benzene rings is 3. The van der Waals surface area contributed by atoms with E-state index in [1.165, 1.54) is 89.8 Å². The largest absolute Gasteiger partial charge is 0.490 e. The molecule has 0 bridgehead atoms. The van der Waals surface area contributed by atoms with Crippen LogP contribution in [0.15, 0.2) is 54.6 Å². The Bertz CT molecular complexity index is 4710. The standard InChI is InChI=1S/C39H62N4O13.C33H53N5O11.C31H48N4O10/c1-26(2)35(43-33(46)25-54-21-20-53-19-18-51-6)31(45)22-27(12-11-17-41-38(40)50)36(48)42-28-15-16-30(37(49)52-7)32(23-28)55-24-29(44)13-9-8-10-14-34(47)56-39(3,4)5;1-22(2)30(38-29(41)21-48-17-16-47-15-14-45-3)27(40)18-23(8-7-13-36-33(35)44)31(42)37-24-10-11-26(32(43)46-4)28(19-24)49-20-25(39)9-5-6-12-34;1-20(34-22(3)37)26(38)18-23(10-8-9-13-32-21(2)36)28(39)35-24-11-12-25(29(40)42-7)27(19-24)44-17-16-43-15-14-33-30(41)45-31(4,5)6/h15-16,23,26-27,35H,8-14,17-22,24-25H2,1-7H3,(H,42,48)(H,43,46)(H3,40,41,50);10-11,19,22-23,30H,5-9,12-18,20-21,34H2,1-4H3,(H,37,42)(H,38,41)(H3,35,36,44);11-12,19-20,23H,8-10,13-18H2,1-7H3,(H,32,36)(H,33,41)(H,34,37)(H,35,39)/t27-,35+;23-,30+;20-,23+/m110/s1. The fourth-order valence-electron chi connectivity index (χ4n) is 13.8. The normalized spacial score (nSPS) is 12.2. The Labute approximate surface area is 878 Å². The van der Waals surface area contributed by atoms with E-state index in [9.17, 15) is 91.1 Å². The highest BCUT2D eigenvalue weighted by molar-refractivity contribution is 6.02. The first-order valence-corrected chi connectivity index (χ1v) is 50.0. The summed E-state index contributed by atoms with van der Waals surface area (Å²) in [6.45, 7) is 25.2. The lowest BCUT2D eigenvalue weighted by atomic mass is 9.89. The van der Waals surface area contributed by atoms with E-state index < -0.39 is 113 Å². The van der Waals surface area contributed by atoms with Gasteiger partial charge in [-0.25, -0.2) is 28.8 Å². The Morgan fingerprint density at radius 3 is 1.10 bits per heavy atom. The Balaban J connectivity index is 0.00000113. The maximum absolute atomic E-state index is 13.7. The number of urea groups is 2. The van der Waals surface area contributed by atoms with Gasteiger partial charge in [-0.2, -0.15) is 0 Å². The molecule has 0 saturated carbocycles. The van der Waals surface area contributed by atoms with E-state index in [-0.39, 0.29) is 248 Å². The van der Waals surface area contributed by atoms with Crippen LogP contribution in [0.2, 0.25) is 0 Å². The Hall–Kier alpha value is -12.9. The Kier molecular flexibility index (Phi) is 69.7.